The average molecular weight is 434 g/mol. The number of methoxy groups -OCH3 is 2. The summed E-state index contributed by atoms with van der Waals surface area (Å²) in [7, 11) is -0.250. The fourth-order valence-corrected chi connectivity index (χ4v) is 1.38. The molecule has 2 unspecified atom stereocenters. The Kier molecular flexibility index (Phi) is 6.40. The first-order chi connectivity index (χ1) is 11.7. The summed E-state index contributed by atoms with van der Waals surface area (Å²) in [6.07, 6.45) is -28.6. The lowest BCUT2D eigenvalue weighted by atomic mass is 10.0. The lowest BCUT2D eigenvalue weighted by Crippen LogP contribution is -2.68. The van der Waals surface area contributed by atoms with Crippen molar-refractivity contribution in [1.82, 2.24) is 0 Å². The van der Waals surface area contributed by atoms with Crippen LogP contribution in [0.3, 0.4) is 0 Å². The average Bonchev–Trinajstić information content (AvgIpc) is 2.47. The lowest BCUT2D eigenvalue weighted by Gasteiger charge is -2.37. The molecular weight excluding hydrogens is 428 g/mol. The van der Waals surface area contributed by atoms with E-state index in [1.165, 1.54) is 0 Å². The van der Waals surface area contributed by atoms with Crippen molar-refractivity contribution < 1.29 is 76.5 Å². The quantitative estimate of drug-likeness (QED) is 0.475. The van der Waals surface area contributed by atoms with Crippen LogP contribution in [0.1, 0.15) is 0 Å². The largest absolute Gasteiger partial charge is 0.466 e. The summed E-state index contributed by atoms with van der Waals surface area (Å²) >= 11 is 0. The number of carbonyl (C=O) groups excluding carboxylic acids is 2. The first-order valence-electron chi connectivity index (χ1n) is 5.81. The number of carbonyl (C=O) groups is 2. The van der Waals surface area contributed by atoms with E-state index in [1.807, 2.05) is 0 Å². The first kappa shape index (κ1) is 25.1. The third kappa shape index (κ3) is 3.73. The molecule has 0 aromatic heterocycles. The van der Waals surface area contributed by atoms with Crippen molar-refractivity contribution in [2.24, 2.45) is 0 Å². The third-order valence-corrected chi connectivity index (χ3v) is 2.77. The van der Waals surface area contributed by atoms with Gasteiger partial charge in [-0.15, -0.1) is 0 Å². The molecule has 0 saturated heterocycles. The van der Waals surface area contributed by atoms with E-state index in [0.29, 0.717) is 0 Å². The molecule has 27 heavy (non-hydrogen) atoms. The van der Waals surface area contributed by atoms with Crippen molar-refractivity contribution in [2.75, 3.05) is 14.2 Å². The topological polar surface area (TPSA) is 61.8 Å². The minimum atomic E-state index is -7.21. The summed E-state index contributed by atoms with van der Waals surface area (Å²) in [4.78, 5) is 21.4. The summed E-state index contributed by atoms with van der Waals surface area (Å²) in [5.41, 5.74) is -13.6. The molecule has 160 valence electrons. The molecule has 0 amide bonds. The molecule has 0 N–H and O–H groups in total. The summed E-state index contributed by atoms with van der Waals surface area (Å²) in [6, 6.07) is 0. The molecule has 0 aliphatic carbocycles. The molecular formula is C10H6F12O5. The minimum Gasteiger partial charge on any atom is -0.466 e. The van der Waals surface area contributed by atoms with Crippen molar-refractivity contribution in [3.8, 4) is 0 Å². The Morgan fingerprint density at radius 3 is 0.926 bits per heavy atom. The minimum absolute atomic E-state index is 0.125. The fourth-order valence-electron chi connectivity index (χ4n) is 1.38. The molecule has 0 heterocycles. The summed E-state index contributed by atoms with van der Waals surface area (Å²) < 4.78 is 164. The van der Waals surface area contributed by atoms with Crippen molar-refractivity contribution >= 4 is 11.9 Å². The summed E-state index contributed by atoms with van der Waals surface area (Å²) in [6.45, 7) is 0. The number of hydrogen-bond acceptors (Lipinski definition) is 5. The second-order valence-corrected chi connectivity index (χ2v) is 4.43. The normalized spacial score (nSPS) is 18.3. The maximum Gasteiger partial charge on any atom is 0.442 e. The van der Waals surface area contributed by atoms with E-state index >= 15 is 0 Å². The molecule has 0 rings (SSSR count). The van der Waals surface area contributed by atoms with Crippen LogP contribution in [0.2, 0.25) is 0 Å². The van der Waals surface area contributed by atoms with Crippen LogP contribution in [0.5, 0.6) is 0 Å². The Bertz CT molecular complexity index is 534. The molecule has 17 heteroatoms. The zero-order chi connectivity index (χ0) is 22.3. The highest BCUT2D eigenvalue weighted by molar-refractivity contribution is 5.82. The van der Waals surface area contributed by atoms with E-state index < -0.39 is 47.8 Å². The van der Waals surface area contributed by atoms with Crippen LogP contribution >= 0.6 is 0 Å². The molecule has 0 aromatic rings. The summed E-state index contributed by atoms with van der Waals surface area (Å²) in [5.74, 6) is -7.24. The standard InChI is InChI=1S/C10H6F12O5/c1-25-3(23)5(11,7(13,14)15)9(19,20)27-10(21,22)6(12,4(24)26-2)8(16,17)18/h1-2H3. The number of halogens is 12. The Balaban J connectivity index is 6.49. The molecule has 0 aliphatic rings. The molecule has 0 aromatic carbocycles. The Morgan fingerprint density at radius 2 is 0.778 bits per heavy atom. The number of esters is 2. The molecule has 0 aliphatic heterocycles. The van der Waals surface area contributed by atoms with Crippen LogP contribution in [0, 0.1) is 0 Å². The van der Waals surface area contributed by atoms with E-state index in [9.17, 15) is 62.3 Å². The number of rotatable bonds is 6. The van der Waals surface area contributed by atoms with Gasteiger partial charge in [-0.2, -0.15) is 43.9 Å². The maximum absolute atomic E-state index is 13.6. The second-order valence-electron chi connectivity index (χ2n) is 4.43. The molecule has 0 bridgehead atoms. The van der Waals surface area contributed by atoms with Gasteiger partial charge in [-0.3, -0.25) is 0 Å². The lowest BCUT2D eigenvalue weighted by molar-refractivity contribution is -0.470. The van der Waals surface area contributed by atoms with Gasteiger partial charge in [0.25, 0.3) is 0 Å². The highest BCUT2D eigenvalue weighted by Gasteiger charge is 2.85. The Morgan fingerprint density at radius 1 is 0.556 bits per heavy atom. The fraction of sp³-hybridized carbons (Fsp3) is 0.800. The molecule has 2 atom stereocenters. The zero-order valence-electron chi connectivity index (χ0n) is 12.6. The van der Waals surface area contributed by atoms with Gasteiger partial charge in [0.15, 0.2) is 0 Å². The first-order valence-corrected chi connectivity index (χ1v) is 5.81. The summed E-state index contributed by atoms with van der Waals surface area (Å²) in [5, 5.41) is 0. The number of alkyl halides is 12. The van der Waals surface area contributed by atoms with Crippen LogP contribution < -0.4 is 0 Å². The SMILES string of the molecule is COC(=O)C(F)(C(F)(F)F)C(F)(F)OC(F)(F)C(F)(C(=O)OC)C(F)(F)F. The van der Waals surface area contributed by atoms with Crippen LogP contribution in [0.4, 0.5) is 52.7 Å². The second kappa shape index (κ2) is 6.90. The number of ether oxygens (including phenoxy) is 3. The van der Waals surface area contributed by atoms with Crippen LogP contribution in [-0.2, 0) is 23.8 Å². The van der Waals surface area contributed by atoms with Crippen molar-refractivity contribution in [3.63, 3.8) is 0 Å². The van der Waals surface area contributed by atoms with Gasteiger partial charge in [0.2, 0.25) is 0 Å². The van der Waals surface area contributed by atoms with Crippen molar-refractivity contribution in [1.29, 1.82) is 0 Å². The number of hydrogen-bond donors (Lipinski definition) is 0. The predicted octanol–water partition coefficient (Wildman–Crippen LogP) is 3.08. The van der Waals surface area contributed by atoms with Crippen LogP contribution in [0.25, 0.3) is 0 Å². The highest BCUT2D eigenvalue weighted by Crippen LogP contribution is 2.53. The van der Waals surface area contributed by atoms with Gasteiger partial charge in [0.1, 0.15) is 0 Å². The van der Waals surface area contributed by atoms with E-state index in [1.54, 1.807) is 4.74 Å². The van der Waals surface area contributed by atoms with Crippen molar-refractivity contribution in [3.05, 3.63) is 0 Å². The maximum atomic E-state index is 13.6. The molecule has 5 nitrogen and oxygen atoms in total. The van der Waals surface area contributed by atoms with Gasteiger partial charge in [0.05, 0.1) is 14.2 Å². The van der Waals surface area contributed by atoms with Gasteiger partial charge >= 0.3 is 47.8 Å². The monoisotopic (exact) mass is 434 g/mol. The third-order valence-electron chi connectivity index (χ3n) is 2.77. The Hall–Kier alpha value is -1.94. The van der Waals surface area contributed by atoms with Gasteiger partial charge in [0, 0.05) is 0 Å². The van der Waals surface area contributed by atoms with Gasteiger partial charge < -0.3 is 9.47 Å². The van der Waals surface area contributed by atoms with Gasteiger partial charge in [-0.25, -0.2) is 23.1 Å². The van der Waals surface area contributed by atoms with E-state index in [0.717, 1.165) is 0 Å². The smallest absolute Gasteiger partial charge is 0.442 e. The zero-order valence-corrected chi connectivity index (χ0v) is 12.6. The Labute approximate surface area is 140 Å². The molecule has 0 saturated carbocycles. The highest BCUT2D eigenvalue weighted by atomic mass is 19.4. The van der Waals surface area contributed by atoms with E-state index in [2.05, 4.69) is 9.47 Å². The van der Waals surface area contributed by atoms with Crippen molar-refractivity contribution in [2.45, 2.75) is 35.9 Å². The molecule has 0 spiro atoms. The van der Waals surface area contributed by atoms with Crippen LogP contribution in [-0.4, -0.2) is 62.1 Å². The van der Waals surface area contributed by atoms with E-state index in [4.69, 9.17) is 0 Å². The molecule has 0 fully saturated rings. The van der Waals surface area contributed by atoms with Gasteiger partial charge in [-0.1, -0.05) is 0 Å². The van der Waals surface area contributed by atoms with Crippen LogP contribution in [0.15, 0.2) is 0 Å². The predicted molar refractivity (Wildman–Crippen MR) is 54.8 cm³/mol. The molecule has 0 radical (unpaired) electrons. The van der Waals surface area contributed by atoms with E-state index in [-0.39, 0.29) is 14.2 Å². The van der Waals surface area contributed by atoms with Gasteiger partial charge in [-0.05, 0) is 0 Å².